The molecule has 1 atom stereocenters. The normalized spacial score (nSPS) is 23.9. The van der Waals surface area contributed by atoms with Crippen molar-refractivity contribution in [1.29, 1.82) is 0 Å². The Morgan fingerprint density at radius 2 is 2.26 bits per heavy atom. The summed E-state index contributed by atoms with van der Waals surface area (Å²) in [6, 6.07) is 8.68. The molecular weight excluding hydrogens is 254 g/mol. The lowest BCUT2D eigenvalue weighted by molar-refractivity contribution is 0.0972. The number of carbonyl (C=O) groups excluding carboxylic acids is 1. The molecule has 1 aromatic carbocycles. The molecule has 3 rings (SSSR count). The highest BCUT2D eigenvalue weighted by Crippen LogP contribution is 2.36. The Bertz CT molecular complexity index is 450. The molecule has 1 unspecified atom stereocenters. The van der Waals surface area contributed by atoms with Gasteiger partial charge in [-0.15, -0.1) is 0 Å². The quantitative estimate of drug-likeness (QED) is 0.855. The molecule has 2 fully saturated rings. The van der Waals surface area contributed by atoms with Gasteiger partial charge in [0.2, 0.25) is 0 Å². The second kappa shape index (κ2) is 6.10. The Labute approximate surface area is 119 Å². The molecule has 0 amide bonds. The van der Waals surface area contributed by atoms with Crippen LogP contribution in [0.3, 0.4) is 0 Å². The summed E-state index contributed by atoms with van der Waals surface area (Å²) in [5, 5.41) is 3.44. The summed E-state index contributed by atoms with van der Waals surface area (Å²) in [7, 11) is 0. The van der Waals surface area contributed by atoms with E-state index < -0.39 is 0 Å². The molecule has 1 aliphatic carbocycles. The van der Waals surface area contributed by atoms with Crippen LogP contribution in [-0.4, -0.2) is 29.9 Å². The number of Topliss-reactive ketones (excluding diaryl/α,β-unsaturated/α-hetero) is 1. The predicted molar refractivity (Wildman–Crippen MR) is 81.1 cm³/mol. The lowest BCUT2D eigenvalue weighted by Crippen LogP contribution is -2.38. The minimum Gasteiger partial charge on any atom is -0.312 e. The first-order chi connectivity index (χ1) is 9.33. The summed E-state index contributed by atoms with van der Waals surface area (Å²) in [5.74, 6) is 3.23. The molecule has 2 aliphatic rings. The highest BCUT2D eigenvalue weighted by atomic mass is 32.2. The van der Waals surface area contributed by atoms with Crippen LogP contribution in [-0.2, 0) is 0 Å². The van der Waals surface area contributed by atoms with E-state index in [0.717, 1.165) is 17.9 Å². The summed E-state index contributed by atoms with van der Waals surface area (Å²) in [6.07, 6.45) is 4.56. The maximum absolute atomic E-state index is 12.3. The number of carbonyl (C=O) groups is 1. The fraction of sp³-hybridized carbons (Fsp3) is 0.562. The molecule has 0 bridgehead atoms. The Hall–Kier alpha value is -0.800. The van der Waals surface area contributed by atoms with Crippen molar-refractivity contribution >= 4 is 17.5 Å². The third-order valence-corrected chi connectivity index (χ3v) is 5.35. The second-order valence-electron chi connectivity index (χ2n) is 5.61. The molecule has 19 heavy (non-hydrogen) atoms. The Morgan fingerprint density at radius 3 is 2.95 bits per heavy atom. The summed E-state index contributed by atoms with van der Waals surface area (Å²) in [6.45, 7) is 1.03. The van der Waals surface area contributed by atoms with Crippen LogP contribution in [0.4, 0.5) is 0 Å². The zero-order valence-corrected chi connectivity index (χ0v) is 12.0. The Kier molecular flexibility index (Phi) is 4.24. The minimum absolute atomic E-state index is 0.293. The SMILES string of the molecule is O=C(CC1CSCCN1)c1cccc(C2CCC2)c1. The number of thioether (sulfide) groups is 1. The molecule has 0 spiro atoms. The van der Waals surface area contributed by atoms with Gasteiger partial charge in [-0.1, -0.05) is 24.6 Å². The third-order valence-electron chi connectivity index (χ3n) is 4.22. The van der Waals surface area contributed by atoms with Gasteiger partial charge in [-0.25, -0.2) is 0 Å². The van der Waals surface area contributed by atoms with Crippen molar-refractivity contribution in [3.8, 4) is 0 Å². The van der Waals surface area contributed by atoms with Gasteiger partial charge in [-0.2, -0.15) is 11.8 Å². The van der Waals surface area contributed by atoms with E-state index in [9.17, 15) is 4.79 Å². The van der Waals surface area contributed by atoms with Crippen LogP contribution in [0.25, 0.3) is 0 Å². The molecule has 1 aromatic rings. The van der Waals surface area contributed by atoms with Crippen molar-refractivity contribution in [2.75, 3.05) is 18.1 Å². The smallest absolute Gasteiger partial charge is 0.164 e. The first kappa shape index (κ1) is 13.2. The Balaban J connectivity index is 1.65. The first-order valence-corrected chi connectivity index (χ1v) is 8.42. The summed E-state index contributed by atoms with van der Waals surface area (Å²) in [4.78, 5) is 12.3. The molecule has 102 valence electrons. The fourth-order valence-corrected chi connectivity index (χ4v) is 3.75. The third kappa shape index (κ3) is 3.21. The minimum atomic E-state index is 0.293. The van der Waals surface area contributed by atoms with Gasteiger partial charge in [-0.3, -0.25) is 4.79 Å². The number of nitrogens with one attached hydrogen (secondary N) is 1. The maximum Gasteiger partial charge on any atom is 0.164 e. The van der Waals surface area contributed by atoms with Crippen molar-refractivity contribution in [2.24, 2.45) is 0 Å². The van der Waals surface area contributed by atoms with Crippen molar-refractivity contribution < 1.29 is 4.79 Å². The predicted octanol–water partition coefficient (Wildman–Crippen LogP) is 3.23. The molecule has 1 N–H and O–H groups in total. The van der Waals surface area contributed by atoms with Crippen LogP contribution in [0.2, 0.25) is 0 Å². The molecule has 2 nitrogen and oxygen atoms in total. The molecule has 1 heterocycles. The lowest BCUT2D eigenvalue weighted by Gasteiger charge is -2.26. The topological polar surface area (TPSA) is 29.1 Å². The van der Waals surface area contributed by atoms with Crippen LogP contribution < -0.4 is 5.32 Å². The zero-order chi connectivity index (χ0) is 13.1. The van der Waals surface area contributed by atoms with Crippen molar-refractivity contribution in [3.63, 3.8) is 0 Å². The van der Waals surface area contributed by atoms with E-state index in [4.69, 9.17) is 0 Å². The average Bonchev–Trinajstić information content (AvgIpc) is 2.38. The van der Waals surface area contributed by atoms with Gasteiger partial charge >= 0.3 is 0 Å². The van der Waals surface area contributed by atoms with Crippen LogP contribution >= 0.6 is 11.8 Å². The van der Waals surface area contributed by atoms with Gasteiger partial charge in [0.1, 0.15) is 0 Å². The maximum atomic E-state index is 12.3. The van der Waals surface area contributed by atoms with Crippen LogP contribution in [0, 0.1) is 0 Å². The van der Waals surface area contributed by atoms with E-state index in [1.165, 1.54) is 30.6 Å². The summed E-state index contributed by atoms with van der Waals surface area (Å²) in [5.41, 5.74) is 2.27. The van der Waals surface area contributed by atoms with E-state index in [1.54, 1.807) is 0 Å². The summed E-state index contributed by atoms with van der Waals surface area (Å²) >= 11 is 1.95. The van der Waals surface area contributed by atoms with Crippen LogP contribution in [0.5, 0.6) is 0 Å². The highest BCUT2D eigenvalue weighted by molar-refractivity contribution is 7.99. The number of benzene rings is 1. The number of hydrogen-bond acceptors (Lipinski definition) is 3. The van der Waals surface area contributed by atoms with Gasteiger partial charge < -0.3 is 5.32 Å². The zero-order valence-electron chi connectivity index (χ0n) is 11.2. The molecule has 0 aromatic heterocycles. The van der Waals surface area contributed by atoms with Gasteiger partial charge in [-0.05, 0) is 30.4 Å². The van der Waals surface area contributed by atoms with E-state index in [2.05, 4.69) is 17.4 Å². The van der Waals surface area contributed by atoms with Crippen molar-refractivity contribution in [1.82, 2.24) is 5.32 Å². The number of hydrogen-bond donors (Lipinski definition) is 1. The number of ketones is 1. The van der Waals surface area contributed by atoms with Gasteiger partial charge in [0.15, 0.2) is 5.78 Å². The van der Waals surface area contributed by atoms with E-state index in [1.807, 2.05) is 23.9 Å². The van der Waals surface area contributed by atoms with Gasteiger partial charge in [0, 0.05) is 36.1 Å². The number of rotatable bonds is 4. The molecule has 1 aliphatic heterocycles. The van der Waals surface area contributed by atoms with Gasteiger partial charge in [0.25, 0.3) is 0 Å². The molecule has 3 heteroatoms. The van der Waals surface area contributed by atoms with Crippen LogP contribution in [0.1, 0.15) is 47.5 Å². The van der Waals surface area contributed by atoms with Crippen molar-refractivity contribution in [2.45, 2.75) is 37.6 Å². The van der Waals surface area contributed by atoms with Crippen molar-refractivity contribution in [3.05, 3.63) is 35.4 Å². The standard InChI is InChI=1S/C16H21NOS/c18-16(10-15-11-19-8-7-17-15)14-6-2-5-13(9-14)12-3-1-4-12/h2,5-6,9,12,15,17H,1,3-4,7-8,10-11H2. The summed E-state index contributed by atoms with van der Waals surface area (Å²) < 4.78 is 0. The largest absolute Gasteiger partial charge is 0.312 e. The monoisotopic (exact) mass is 275 g/mol. The van der Waals surface area contributed by atoms with E-state index in [-0.39, 0.29) is 0 Å². The van der Waals surface area contributed by atoms with E-state index in [0.29, 0.717) is 24.2 Å². The van der Waals surface area contributed by atoms with Gasteiger partial charge in [0.05, 0.1) is 0 Å². The highest BCUT2D eigenvalue weighted by Gasteiger charge is 2.21. The Morgan fingerprint density at radius 1 is 1.37 bits per heavy atom. The molecule has 0 radical (unpaired) electrons. The lowest BCUT2D eigenvalue weighted by atomic mass is 9.79. The van der Waals surface area contributed by atoms with Crippen LogP contribution in [0.15, 0.2) is 24.3 Å². The fourth-order valence-electron chi connectivity index (χ4n) is 2.80. The molecule has 1 saturated heterocycles. The molecular formula is C16H21NOS. The second-order valence-corrected chi connectivity index (χ2v) is 6.76. The van der Waals surface area contributed by atoms with E-state index >= 15 is 0 Å². The molecule has 1 saturated carbocycles. The average molecular weight is 275 g/mol. The first-order valence-electron chi connectivity index (χ1n) is 7.27.